The van der Waals surface area contributed by atoms with Crippen LogP contribution >= 0.6 is 0 Å². The van der Waals surface area contributed by atoms with Gasteiger partial charge in [-0.3, -0.25) is 19.1 Å². The van der Waals surface area contributed by atoms with Gasteiger partial charge in [-0.15, -0.1) is 0 Å². The molecule has 0 saturated carbocycles. The van der Waals surface area contributed by atoms with Crippen molar-refractivity contribution in [1.82, 2.24) is 20.0 Å². The number of rotatable bonds is 3. The van der Waals surface area contributed by atoms with E-state index in [9.17, 15) is 14.4 Å². The van der Waals surface area contributed by atoms with Crippen LogP contribution in [0.4, 0.5) is 0 Å². The summed E-state index contributed by atoms with van der Waals surface area (Å²) in [5, 5.41) is 7.04. The van der Waals surface area contributed by atoms with Gasteiger partial charge >= 0.3 is 0 Å². The molecule has 7 nitrogen and oxygen atoms in total. The summed E-state index contributed by atoms with van der Waals surface area (Å²) < 4.78 is 1.59. The second-order valence-corrected chi connectivity index (χ2v) is 8.08. The molecule has 1 aliphatic heterocycles. The summed E-state index contributed by atoms with van der Waals surface area (Å²) in [4.78, 5) is 39.9. The van der Waals surface area contributed by atoms with Crippen molar-refractivity contribution in [2.75, 3.05) is 13.1 Å². The Balaban J connectivity index is 1.24. The third-order valence-electron chi connectivity index (χ3n) is 6.06. The molecule has 7 heteroatoms. The van der Waals surface area contributed by atoms with Gasteiger partial charge in [0, 0.05) is 49.1 Å². The number of aryl methyl sites for hydroxylation is 1. The molecular weight excluding hydrogens is 392 g/mol. The van der Waals surface area contributed by atoms with Gasteiger partial charge in [-0.1, -0.05) is 30.3 Å². The monoisotopic (exact) mass is 414 g/mol. The molecule has 1 aliphatic carbocycles. The number of carbonyl (C=O) groups excluding carboxylic acids is 3. The van der Waals surface area contributed by atoms with Crippen LogP contribution in [0.3, 0.4) is 0 Å². The largest absolute Gasteiger partial charge is 0.349 e. The lowest BCUT2D eigenvalue weighted by Gasteiger charge is -2.32. The normalized spacial score (nSPS) is 15.5. The molecule has 1 saturated heterocycles. The fourth-order valence-electron chi connectivity index (χ4n) is 4.38. The van der Waals surface area contributed by atoms with Crippen molar-refractivity contribution in [1.29, 1.82) is 0 Å². The zero-order valence-corrected chi connectivity index (χ0v) is 17.2. The molecule has 31 heavy (non-hydrogen) atoms. The van der Waals surface area contributed by atoms with Crippen LogP contribution in [0.25, 0.3) is 11.1 Å². The SMILES string of the molecule is Cn1cc(C(=O)NC2CCN(C(=O)c3ccc4c(c3)C(=O)c3ccccc3-4)CC2)cn1. The third kappa shape index (κ3) is 3.42. The Morgan fingerprint density at radius 3 is 2.39 bits per heavy atom. The maximum absolute atomic E-state index is 13.0. The Morgan fingerprint density at radius 1 is 0.968 bits per heavy atom. The molecule has 0 unspecified atom stereocenters. The van der Waals surface area contributed by atoms with E-state index in [1.165, 1.54) is 0 Å². The number of nitrogens with zero attached hydrogens (tertiary/aromatic N) is 3. The number of fused-ring (bicyclic) bond motifs is 3. The minimum Gasteiger partial charge on any atom is -0.349 e. The van der Waals surface area contributed by atoms with Gasteiger partial charge in [0.05, 0.1) is 11.8 Å². The third-order valence-corrected chi connectivity index (χ3v) is 6.06. The average molecular weight is 414 g/mol. The molecule has 2 amide bonds. The number of amides is 2. The Hall–Kier alpha value is -3.74. The van der Waals surface area contributed by atoms with Crippen LogP contribution in [-0.4, -0.2) is 51.4 Å². The Labute approximate surface area is 179 Å². The van der Waals surface area contributed by atoms with Crippen molar-refractivity contribution in [3.05, 3.63) is 77.1 Å². The minimum absolute atomic E-state index is 0.0212. The maximum Gasteiger partial charge on any atom is 0.254 e. The van der Waals surface area contributed by atoms with E-state index in [1.807, 2.05) is 30.3 Å². The molecule has 1 fully saturated rings. The molecule has 0 radical (unpaired) electrons. The molecule has 0 atom stereocenters. The van der Waals surface area contributed by atoms with Crippen LogP contribution in [-0.2, 0) is 7.05 Å². The van der Waals surface area contributed by atoms with Crippen LogP contribution in [0.2, 0.25) is 0 Å². The highest BCUT2D eigenvalue weighted by atomic mass is 16.2. The summed E-state index contributed by atoms with van der Waals surface area (Å²) in [5.74, 6) is -0.254. The van der Waals surface area contributed by atoms with Crippen LogP contribution in [0.5, 0.6) is 0 Å². The van der Waals surface area contributed by atoms with E-state index in [1.54, 1.807) is 41.2 Å². The first-order valence-electron chi connectivity index (χ1n) is 10.4. The second-order valence-electron chi connectivity index (χ2n) is 8.08. The van der Waals surface area contributed by atoms with Gasteiger partial charge in [-0.25, -0.2) is 0 Å². The van der Waals surface area contributed by atoms with Crippen LogP contribution in [0.1, 0.15) is 49.5 Å². The highest BCUT2D eigenvalue weighted by molar-refractivity contribution is 6.22. The zero-order valence-electron chi connectivity index (χ0n) is 17.2. The van der Waals surface area contributed by atoms with Gasteiger partial charge in [0.25, 0.3) is 11.8 Å². The van der Waals surface area contributed by atoms with Gasteiger partial charge < -0.3 is 10.2 Å². The first-order valence-corrected chi connectivity index (χ1v) is 10.4. The highest BCUT2D eigenvalue weighted by Crippen LogP contribution is 2.36. The number of nitrogens with one attached hydrogen (secondary N) is 1. The molecule has 156 valence electrons. The number of piperidine rings is 1. The van der Waals surface area contributed by atoms with Crippen molar-refractivity contribution in [2.45, 2.75) is 18.9 Å². The first-order chi connectivity index (χ1) is 15.0. The topological polar surface area (TPSA) is 84.3 Å². The highest BCUT2D eigenvalue weighted by Gasteiger charge is 2.29. The van der Waals surface area contributed by atoms with Gasteiger partial charge in [0.15, 0.2) is 5.78 Å². The van der Waals surface area contributed by atoms with Gasteiger partial charge in [0.1, 0.15) is 0 Å². The molecule has 2 aliphatic rings. The van der Waals surface area contributed by atoms with Crippen molar-refractivity contribution in [3.8, 4) is 11.1 Å². The van der Waals surface area contributed by atoms with E-state index in [0.29, 0.717) is 48.2 Å². The van der Waals surface area contributed by atoms with Crippen LogP contribution < -0.4 is 5.32 Å². The standard InChI is InChI=1S/C24H22N4O3/c1-27-14-16(13-25-27)23(30)26-17-8-10-28(11-9-17)24(31)15-6-7-19-18-4-2-3-5-20(18)22(29)21(19)12-15/h2-7,12-14,17H,8-11H2,1H3,(H,26,30). The molecule has 2 aromatic carbocycles. The van der Waals surface area contributed by atoms with E-state index >= 15 is 0 Å². The summed E-state index contributed by atoms with van der Waals surface area (Å²) in [6.45, 7) is 1.12. The number of carbonyl (C=O) groups is 3. The van der Waals surface area contributed by atoms with E-state index in [2.05, 4.69) is 10.4 Å². The number of hydrogen-bond acceptors (Lipinski definition) is 4. The van der Waals surface area contributed by atoms with Crippen LogP contribution in [0, 0.1) is 0 Å². The van der Waals surface area contributed by atoms with E-state index in [4.69, 9.17) is 0 Å². The van der Waals surface area contributed by atoms with Crippen LogP contribution in [0.15, 0.2) is 54.9 Å². The van der Waals surface area contributed by atoms with Gasteiger partial charge in [-0.05, 0) is 36.1 Å². The maximum atomic E-state index is 13.0. The fraction of sp³-hybridized carbons (Fsp3) is 0.250. The number of hydrogen-bond donors (Lipinski definition) is 1. The predicted molar refractivity (Wildman–Crippen MR) is 115 cm³/mol. The van der Waals surface area contributed by atoms with Crippen molar-refractivity contribution < 1.29 is 14.4 Å². The van der Waals surface area contributed by atoms with Crippen molar-refractivity contribution in [3.63, 3.8) is 0 Å². The molecule has 5 rings (SSSR count). The lowest BCUT2D eigenvalue weighted by Crippen LogP contribution is -2.46. The number of ketones is 1. The molecule has 1 aromatic heterocycles. The first kappa shape index (κ1) is 19.2. The summed E-state index contributed by atoms with van der Waals surface area (Å²) in [7, 11) is 1.77. The Kier molecular flexibility index (Phi) is 4.66. The minimum atomic E-state index is -0.144. The average Bonchev–Trinajstić information content (AvgIpc) is 3.35. The Morgan fingerprint density at radius 2 is 1.68 bits per heavy atom. The summed E-state index contributed by atoms with van der Waals surface area (Å²) >= 11 is 0. The van der Waals surface area contributed by atoms with Crippen molar-refractivity contribution in [2.24, 2.45) is 7.05 Å². The zero-order chi connectivity index (χ0) is 21.5. The predicted octanol–water partition coefficient (Wildman–Crippen LogP) is 2.67. The molecular formula is C24H22N4O3. The van der Waals surface area contributed by atoms with E-state index in [0.717, 1.165) is 11.1 Å². The summed E-state index contributed by atoms with van der Waals surface area (Å²) in [5.41, 5.74) is 4.14. The molecule has 2 heterocycles. The number of benzene rings is 2. The fourth-order valence-corrected chi connectivity index (χ4v) is 4.38. The van der Waals surface area contributed by atoms with E-state index in [-0.39, 0.29) is 23.6 Å². The van der Waals surface area contributed by atoms with Crippen molar-refractivity contribution >= 4 is 17.6 Å². The summed E-state index contributed by atoms with van der Waals surface area (Å²) in [6, 6.07) is 12.9. The molecule has 1 N–H and O–H groups in total. The smallest absolute Gasteiger partial charge is 0.254 e. The molecule has 0 bridgehead atoms. The van der Waals surface area contributed by atoms with Gasteiger partial charge in [-0.2, -0.15) is 5.10 Å². The lowest BCUT2D eigenvalue weighted by atomic mass is 10.0. The van der Waals surface area contributed by atoms with Gasteiger partial charge in [0.2, 0.25) is 0 Å². The quantitative estimate of drug-likeness (QED) is 0.559. The number of likely N-dealkylation sites (tertiary alicyclic amines) is 1. The summed E-state index contributed by atoms with van der Waals surface area (Å²) in [6.07, 6.45) is 4.60. The lowest BCUT2D eigenvalue weighted by molar-refractivity contribution is 0.0698. The molecule has 3 aromatic rings. The Bertz CT molecular complexity index is 1210. The van der Waals surface area contributed by atoms with E-state index < -0.39 is 0 Å². The second kappa shape index (κ2) is 7.50. The number of aromatic nitrogens is 2. The molecule has 0 spiro atoms.